The van der Waals surface area contributed by atoms with E-state index >= 15 is 0 Å². The number of hydrogen-bond acceptors (Lipinski definition) is 9. The number of pyridine rings is 1. The molecule has 1 saturated heterocycles. The summed E-state index contributed by atoms with van der Waals surface area (Å²) >= 11 is 3.28. The zero-order valence-corrected chi connectivity index (χ0v) is 24.7. The van der Waals surface area contributed by atoms with Crippen LogP contribution in [0.1, 0.15) is 41.6 Å². The Morgan fingerprint density at radius 1 is 1.12 bits per heavy atom. The number of amides is 2. The molecule has 0 radical (unpaired) electrons. The van der Waals surface area contributed by atoms with Gasteiger partial charge in [-0.1, -0.05) is 12.1 Å². The van der Waals surface area contributed by atoms with Gasteiger partial charge in [0.25, 0.3) is 5.91 Å². The molecule has 42 heavy (non-hydrogen) atoms. The number of aryl methyl sites for hydroxylation is 2. The van der Waals surface area contributed by atoms with Gasteiger partial charge in [-0.3, -0.25) is 19.1 Å². The van der Waals surface area contributed by atoms with Crippen molar-refractivity contribution in [2.75, 3.05) is 11.9 Å². The van der Waals surface area contributed by atoms with Crippen LogP contribution in [-0.4, -0.2) is 75.8 Å². The van der Waals surface area contributed by atoms with Crippen LogP contribution in [0.25, 0.3) is 22.0 Å². The van der Waals surface area contributed by atoms with Crippen molar-refractivity contribution in [3.8, 4) is 11.1 Å². The molecule has 1 aliphatic carbocycles. The van der Waals surface area contributed by atoms with E-state index in [1.165, 1.54) is 11.6 Å². The fourth-order valence-electron chi connectivity index (χ4n) is 5.84. The Bertz CT molecular complexity index is 1770. The van der Waals surface area contributed by atoms with Crippen molar-refractivity contribution in [2.24, 2.45) is 5.41 Å². The number of fused-ring (bicyclic) bond motifs is 2. The fourth-order valence-corrected chi connectivity index (χ4v) is 6.14. The molecule has 4 aromatic rings. The lowest BCUT2D eigenvalue weighted by molar-refractivity contribution is -0.169. The summed E-state index contributed by atoms with van der Waals surface area (Å²) in [4.78, 5) is 53.8. The highest BCUT2D eigenvalue weighted by Crippen LogP contribution is 2.62. The molecule has 0 bridgehead atoms. The zero-order chi connectivity index (χ0) is 30.0. The number of anilines is 1. The van der Waals surface area contributed by atoms with Gasteiger partial charge in [0, 0.05) is 48.1 Å². The fraction of sp³-hybridized carbons (Fsp3) is 0.345. The predicted molar refractivity (Wildman–Crippen MR) is 155 cm³/mol. The highest BCUT2D eigenvalue weighted by Gasteiger charge is 2.73. The summed E-state index contributed by atoms with van der Waals surface area (Å²) in [6, 6.07) is 8.35. The number of halogens is 1. The number of ketones is 1. The molecule has 1 saturated carbocycles. The summed E-state index contributed by atoms with van der Waals surface area (Å²) in [5.41, 5.74) is -0.0516. The quantitative estimate of drug-likeness (QED) is 0.205. The number of Topliss-reactive ketones (excluding diaryl/α,β-unsaturated/α-hetero) is 1. The number of likely N-dealkylation sites (tertiary alicyclic amines) is 1. The molecule has 3 N–H and O–H groups in total. The summed E-state index contributed by atoms with van der Waals surface area (Å²) in [6.07, 6.45) is 3.72. The lowest BCUT2D eigenvalue weighted by Gasteiger charge is -2.35. The topological polar surface area (TPSA) is 163 Å². The van der Waals surface area contributed by atoms with Crippen molar-refractivity contribution in [3.05, 3.63) is 64.4 Å². The van der Waals surface area contributed by atoms with Crippen LogP contribution in [-0.2, 0) is 16.1 Å². The predicted octanol–water partition coefficient (Wildman–Crippen LogP) is 2.78. The molecule has 0 spiro atoms. The summed E-state index contributed by atoms with van der Waals surface area (Å²) in [6.45, 7) is 4.33. The molecule has 4 heterocycles. The van der Waals surface area contributed by atoms with Crippen LogP contribution in [0.15, 0.2) is 47.3 Å². The van der Waals surface area contributed by atoms with Crippen LogP contribution in [0.4, 0.5) is 5.82 Å². The second-order valence-electron chi connectivity index (χ2n) is 11.1. The molecule has 6 rings (SSSR count). The molecular formula is C29H28BrN7O5. The van der Waals surface area contributed by atoms with Crippen LogP contribution in [0.5, 0.6) is 0 Å². The van der Waals surface area contributed by atoms with E-state index in [0.29, 0.717) is 33.3 Å². The number of aliphatic hydroxyl groups is 2. The first-order valence-corrected chi connectivity index (χ1v) is 14.2. The minimum Gasteiger partial charge on any atom is -0.396 e. The van der Waals surface area contributed by atoms with Crippen molar-refractivity contribution >= 4 is 50.2 Å². The molecule has 3 aromatic heterocycles. The minimum absolute atomic E-state index is 0.119. The highest BCUT2D eigenvalue weighted by molar-refractivity contribution is 9.10. The Morgan fingerprint density at radius 2 is 1.86 bits per heavy atom. The Hall–Kier alpha value is -4.07. The van der Waals surface area contributed by atoms with Gasteiger partial charge in [0.15, 0.2) is 5.78 Å². The standard InChI is InChI=1S/C29H28BrN7O5/c1-15-4-7-23(30)33-26(15)34-27(41)29(42)13-28(14-38)9-22(28)37(29)24(40)12-36-21-6-5-18(19-10-31-17(3)32-11-19)8-20(21)25(35-36)16(2)39/h4-8,10-11,22,38,42H,9,12-14H2,1-3H3,(H,33,34,41)/t22-,28-,29-/m1/s1. The van der Waals surface area contributed by atoms with Gasteiger partial charge in [0.05, 0.1) is 12.1 Å². The number of rotatable bonds is 7. The van der Waals surface area contributed by atoms with E-state index in [9.17, 15) is 24.6 Å². The molecule has 12 nitrogen and oxygen atoms in total. The van der Waals surface area contributed by atoms with E-state index < -0.39 is 29.0 Å². The number of hydrogen-bond donors (Lipinski definition) is 3. The minimum atomic E-state index is -2.22. The maximum Gasteiger partial charge on any atom is 0.278 e. The van der Waals surface area contributed by atoms with Crippen LogP contribution < -0.4 is 5.32 Å². The van der Waals surface area contributed by atoms with E-state index in [4.69, 9.17) is 0 Å². The second-order valence-corrected chi connectivity index (χ2v) is 11.9. The molecule has 2 fully saturated rings. The van der Waals surface area contributed by atoms with Gasteiger partial charge in [0.1, 0.15) is 28.5 Å². The van der Waals surface area contributed by atoms with Gasteiger partial charge in [-0.2, -0.15) is 5.10 Å². The van der Waals surface area contributed by atoms with E-state index in [0.717, 1.165) is 16.0 Å². The van der Waals surface area contributed by atoms with E-state index in [1.54, 1.807) is 50.5 Å². The third-order valence-corrected chi connectivity index (χ3v) is 8.62. The number of carbonyl (C=O) groups is 3. The largest absolute Gasteiger partial charge is 0.396 e. The third-order valence-electron chi connectivity index (χ3n) is 8.18. The molecular weight excluding hydrogens is 606 g/mol. The van der Waals surface area contributed by atoms with Crippen molar-refractivity contribution in [1.29, 1.82) is 0 Å². The number of benzene rings is 1. The van der Waals surface area contributed by atoms with Gasteiger partial charge >= 0.3 is 0 Å². The smallest absolute Gasteiger partial charge is 0.278 e. The number of piperidine rings is 1. The Labute approximate surface area is 248 Å². The first-order chi connectivity index (χ1) is 20.0. The first-order valence-electron chi connectivity index (χ1n) is 13.4. The third kappa shape index (κ3) is 4.57. The van der Waals surface area contributed by atoms with Crippen molar-refractivity contribution in [2.45, 2.75) is 51.9 Å². The number of aliphatic hydroxyl groups excluding tert-OH is 1. The van der Waals surface area contributed by atoms with E-state index in [2.05, 4.69) is 41.3 Å². The van der Waals surface area contributed by atoms with Crippen molar-refractivity contribution < 1.29 is 24.6 Å². The molecule has 0 unspecified atom stereocenters. The Kier molecular flexibility index (Phi) is 6.71. The monoisotopic (exact) mass is 633 g/mol. The van der Waals surface area contributed by atoms with Gasteiger partial charge in [-0.25, -0.2) is 15.0 Å². The van der Waals surface area contributed by atoms with Crippen LogP contribution >= 0.6 is 15.9 Å². The SMILES string of the molecule is CC(=O)c1nn(CC(=O)N2[C@@H]3C[C@]3(CO)C[C@@]2(O)C(=O)Nc2nc(Br)ccc2C)c2ccc(-c3cnc(C)nc3)cc12. The van der Waals surface area contributed by atoms with Gasteiger partial charge in [0.2, 0.25) is 11.6 Å². The van der Waals surface area contributed by atoms with E-state index in [1.807, 2.05) is 6.07 Å². The molecule has 2 amide bonds. The second kappa shape index (κ2) is 10.0. The normalized spacial score (nSPS) is 22.7. The summed E-state index contributed by atoms with van der Waals surface area (Å²) < 4.78 is 1.90. The van der Waals surface area contributed by atoms with Gasteiger partial charge in [-0.05, 0) is 65.5 Å². The first kappa shape index (κ1) is 28.1. The summed E-state index contributed by atoms with van der Waals surface area (Å²) in [5, 5.41) is 29.5. The highest BCUT2D eigenvalue weighted by atomic mass is 79.9. The Morgan fingerprint density at radius 3 is 2.55 bits per heavy atom. The molecule has 216 valence electrons. The van der Waals surface area contributed by atoms with Crippen molar-refractivity contribution in [1.82, 2.24) is 29.6 Å². The van der Waals surface area contributed by atoms with Gasteiger partial charge < -0.3 is 20.4 Å². The van der Waals surface area contributed by atoms with Crippen LogP contribution in [0.3, 0.4) is 0 Å². The Balaban J connectivity index is 1.33. The maximum atomic E-state index is 13.9. The molecule has 3 atom stereocenters. The lowest BCUT2D eigenvalue weighted by Crippen LogP contribution is -2.58. The summed E-state index contributed by atoms with van der Waals surface area (Å²) in [5.74, 6) is -0.786. The number of aromatic nitrogens is 5. The maximum absolute atomic E-state index is 13.9. The van der Waals surface area contributed by atoms with Crippen LogP contribution in [0, 0.1) is 19.3 Å². The molecule has 2 aliphatic rings. The summed E-state index contributed by atoms with van der Waals surface area (Å²) in [7, 11) is 0. The molecule has 13 heteroatoms. The van der Waals surface area contributed by atoms with Crippen LogP contribution in [0.2, 0.25) is 0 Å². The van der Waals surface area contributed by atoms with Crippen molar-refractivity contribution in [3.63, 3.8) is 0 Å². The average molecular weight is 634 g/mol. The van der Waals surface area contributed by atoms with Gasteiger partial charge in [-0.15, -0.1) is 0 Å². The zero-order valence-electron chi connectivity index (χ0n) is 23.1. The number of carbonyl (C=O) groups excluding carboxylic acids is 3. The number of nitrogens with zero attached hydrogens (tertiary/aromatic N) is 6. The van der Waals surface area contributed by atoms with E-state index in [-0.39, 0.29) is 36.9 Å². The molecule has 1 aromatic carbocycles. The molecule has 1 aliphatic heterocycles. The number of nitrogens with one attached hydrogen (secondary N) is 1. The lowest BCUT2D eigenvalue weighted by atomic mass is 9.97. The average Bonchev–Trinajstić information content (AvgIpc) is 3.41.